The number of hydrogen-bond donors (Lipinski definition) is 0. The second-order valence-corrected chi connectivity index (χ2v) is 5.77. The molecule has 0 amide bonds. The summed E-state index contributed by atoms with van der Waals surface area (Å²) >= 11 is 0. The van der Waals surface area contributed by atoms with Gasteiger partial charge >= 0.3 is 16.3 Å². The highest BCUT2D eigenvalue weighted by atomic mass is 32.2. The van der Waals surface area contributed by atoms with Crippen molar-refractivity contribution in [2.24, 2.45) is 0 Å². The first-order valence-electron chi connectivity index (χ1n) is 5.77. The largest absolute Gasteiger partial charge is 0.416 e. The average molecular weight is 356 g/mol. The minimum absolute atomic E-state index is 0.0462. The molecule has 0 bridgehead atoms. The van der Waals surface area contributed by atoms with Crippen molar-refractivity contribution in [3.05, 3.63) is 59.4 Å². The first kappa shape index (κ1) is 17.1. The van der Waals surface area contributed by atoms with E-state index in [1.54, 1.807) is 0 Å². The van der Waals surface area contributed by atoms with Gasteiger partial charge in [-0.15, -0.1) is 0 Å². The normalized spacial score (nSPS) is 12.3. The van der Waals surface area contributed by atoms with Crippen molar-refractivity contribution in [3.8, 4) is 5.75 Å². The minimum atomic E-state index is -5.02. The first-order valence-corrected chi connectivity index (χ1v) is 7.18. The molecule has 0 fully saturated rings. The predicted octanol–water partition coefficient (Wildman–Crippen LogP) is 3.89. The third kappa shape index (κ3) is 3.76. The van der Waals surface area contributed by atoms with Crippen LogP contribution in [0.1, 0.15) is 5.56 Å². The lowest BCUT2D eigenvalue weighted by Gasteiger charge is -2.11. The smallest absolute Gasteiger partial charge is 0.379 e. The molecule has 0 saturated heterocycles. The van der Waals surface area contributed by atoms with Crippen LogP contribution in [0.2, 0.25) is 0 Å². The summed E-state index contributed by atoms with van der Waals surface area (Å²) in [5, 5.41) is 0. The number of halogens is 6. The molecular formula is C13H6F6O3S. The molecule has 0 aliphatic rings. The highest BCUT2D eigenvalue weighted by Gasteiger charge is 2.33. The van der Waals surface area contributed by atoms with E-state index in [1.165, 1.54) is 0 Å². The average Bonchev–Trinajstić information content (AvgIpc) is 2.41. The van der Waals surface area contributed by atoms with Gasteiger partial charge in [0.1, 0.15) is 16.5 Å². The van der Waals surface area contributed by atoms with Gasteiger partial charge in [0.25, 0.3) is 0 Å². The summed E-state index contributed by atoms with van der Waals surface area (Å²) in [4.78, 5) is -1.38. The van der Waals surface area contributed by atoms with Crippen molar-refractivity contribution in [2.45, 2.75) is 11.1 Å². The lowest BCUT2D eigenvalue weighted by atomic mass is 10.2. The van der Waals surface area contributed by atoms with Crippen molar-refractivity contribution in [1.82, 2.24) is 0 Å². The van der Waals surface area contributed by atoms with Gasteiger partial charge in [-0.2, -0.15) is 21.6 Å². The Bertz CT molecular complexity index is 845. The van der Waals surface area contributed by atoms with Gasteiger partial charge in [0.15, 0.2) is 11.6 Å². The number of benzene rings is 2. The van der Waals surface area contributed by atoms with E-state index in [2.05, 4.69) is 4.18 Å². The maximum absolute atomic E-state index is 13.5. The molecule has 0 aliphatic heterocycles. The second-order valence-electron chi connectivity index (χ2n) is 4.26. The molecular weight excluding hydrogens is 350 g/mol. The molecule has 0 unspecified atom stereocenters. The van der Waals surface area contributed by atoms with Gasteiger partial charge in [-0.05, 0) is 30.3 Å². The molecule has 23 heavy (non-hydrogen) atoms. The van der Waals surface area contributed by atoms with E-state index in [0.29, 0.717) is 24.3 Å². The molecule has 3 nitrogen and oxygen atoms in total. The summed E-state index contributed by atoms with van der Waals surface area (Å²) in [6.07, 6.45) is -4.90. The van der Waals surface area contributed by atoms with Gasteiger partial charge in [-0.25, -0.2) is 13.2 Å². The summed E-state index contributed by atoms with van der Waals surface area (Å²) in [5.74, 6) is -4.94. The van der Waals surface area contributed by atoms with Crippen LogP contribution in [0.5, 0.6) is 5.75 Å². The molecule has 0 N–H and O–H groups in total. The molecule has 0 saturated carbocycles. The van der Waals surface area contributed by atoms with Gasteiger partial charge in [0.2, 0.25) is 0 Å². The molecule has 0 aliphatic carbocycles. The van der Waals surface area contributed by atoms with E-state index >= 15 is 0 Å². The Hall–Kier alpha value is -2.23. The van der Waals surface area contributed by atoms with Gasteiger partial charge in [-0.3, -0.25) is 0 Å². The third-order valence-corrected chi connectivity index (χ3v) is 3.89. The van der Waals surface area contributed by atoms with Crippen molar-refractivity contribution in [2.75, 3.05) is 0 Å². The molecule has 10 heteroatoms. The summed E-state index contributed by atoms with van der Waals surface area (Å²) < 4.78 is 105. The molecule has 2 aromatic rings. The summed E-state index contributed by atoms with van der Waals surface area (Å²) in [5.41, 5.74) is -1.41. The molecule has 0 radical (unpaired) electrons. The van der Waals surface area contributed by atoms with E-state index in [1.807, 2.05) is 0 Å². The topological polar surface area (TPSA) is 43.4 Å². The number of rotatable bonds is 3. The Morgan fingerprint density at radius 2 is 1.43 bits per heavy atom. The molecule has 0 heterocycles. The lowest BCUT2D eigenvalue weighted by molar-refractivity contribution is -0.137. The fourth-order valence-electron chi connectivity index (χ4n) is 1.57. The highest BCUT2D eigenvalue weighted by Crippen LogP contribution is 2.32. The number of alkyl halides is 3. The zero-order valence-corrected chi connectivity index (χ0v) is 11.7. The van der Waals surface area contributed by atoms with Crippen LogP contribution in [0.4, 0.5) is 26.3 Å². The first-order chi connectivity index (χ1) is 10.5. The van der Waals surface area contributed by atoms with Crippen LogP contribution >= 0.6 is 0 Å². The van der Waals surface area contributed by atoms with E-state index in [9.17, 15) is 34.8 Å². The number of hydrogen-bond acceptors (Lipinski definition) is 3. The molecule has 0 atom stereocenters. The van der Waals surface area contributed by atoms with Gasteiger partial charge in [0, 0.05) is 6.07 Å². The Morgan fingerprint density at radius 3 is 2.00 bits per heavy atom. The van der Waals surface area contributed by atoms with Crippen LogP contribution in [0.3, 0.4) is 0 Å². The fourth-order valence-corrected chi connectivity index (χ4v) is 2.60. The maximum Gasteiger partial charge on any atom is 0.416 e. The Labute approximate surface area is 126 Å². The van der Waals surface area contributed by atoms with Gasteiger partial charge in [-0.1, -0.05) is 0 Å². The zero-order chi connectivity index (χ0) is 17.4. The van der Waals surface area contributed by atoms with Crippen molar-refractivity contribution >= 4 is 10.1 Å². The summed E-state index contributed by atoms with van der Waals surface area (Å²) in [7, 11) is -5.02. The van der Waals surface area contributed by atoms with Gasteiger partial charge < -0.3 is 4.18 Å². The monoisotopic (exact) mass is 356 g/mol. The zero-order valence-electron chi connectivity index (χ0n) is 10.9. The second kappa shape index (κ2) is 5.76. The molecule has 2 rings (SSSR count). The van der Waals surface area contributed by atoms with Crippen molar-refractivity contribution in [3.63, 3.8) is 0 Å². The van der Waals surface area contributed by atoms with Crippen LogP contribution in [0.15, 0.2) is 41.3 Å². The molecule has 0 aromatic heterocycles. The highest BCUT2D eigenvalue weighted by molar-refractivity contribution is 7.87. The predicted molar refractivity (Wildman–Crippen MR) is 65.6 cm³/mol. The molecule has 0 spiro atoms. The Balaban J connectivity index is 2.45. The third-order valence-electron chi connectivity index (χ3n) is 2.62. The van der Waals surface area contributed by atoms with E-state index < -0.39 is 50.0 Å². The lowest BCUT2D eigenvalue weighted by Crippen LogP contribution is -2.14. The van der Waals surface area contributed by atoms with Crippen LogP contribution in [-0.4, -0.2) is 8.42 Å². The fraction of sp³-hybridized carbons (Fsp3) is 0.0769. The van der Waals surface area contributed by atoms with E-state index in [4.69, 9.17) is 0 Å². The van der Waals surface area contributed by atoms with Crippen molar-refractivity contribution in [1.29, 1.82) is 0 Å². The van der Waals surface area contributed by atoms with Crippen molar-refractivity contribution < 1.29 is 38.9 Å². The summed E-state index contributed by atoms with van der Waals surface area (Å²) in [6, 6.07) is 2.34. The van der Waals surface area contributed by atoms with Crippen LogP contribution in [-0.2, 0) is 16.3 Å². The summed E-state index contributed by atoms with van der Waals surface area (Å²) in [6.45, 7) is 0. The van der Waals surface area contributed by atoms with Crippen LogP contribution in [0.25, 0.3) is 0 Å². The SMILES string of the molecule is O=S(=O)(Oc1ccc(F)c(F)c1)c1cc(C(F)(F)F)ccc1F. The quantitative estimate of drug-likeness (QED) is 0.619. The minimum Gasteiger partial charge on any atom is -0.379 e. The van der Waals surface area contributed by atoms with Crippen LogP contribution < -0.4 is 4.18 Å². The maximum atomic E-state index is 13.5. The van der Waals surface area contributed by atoms with Gasteiger partial charge in [0.05, 0.1) is 5.56 Å². The molecule has 2 aromatic carbocycles. The molecule has 124 valence electrons. The van der Waals surface area contributed by atoms with Crippen LogP contribution in [0, 0.1) is 17.5 Å². The Morgan fingerprint density at radius 1 is 0.826 bits per heavy atom. The Kier molecular flexibility index (Phi) is 4.29. The van der Waals surface area contributed by atoms with E-state index in [-0.39, 0.29) is 6.07 Å². The van der Waals surface area contributed by atoms with E-state index in [0.717, 1.165) is 6.07 Å². The standard InChI is InChI=1S/C13H6F6O3S/c14-9-4-2-8(6-11(9)16)22-23(20,21)12-5-7(13(17,18)19)1-3-10(12)15/h1-6H.